The SMILES string of the molecule is CC[C@H]1OC(=O)[C@H](C)C(=O)[C@H](C)[C@@H](O[C@@H]2O[C@H](C)C[C@H](N(C)C)[C@H]2O)[C@@]2(C)C[C@@H](C)C(=NC(C)=O)[C@H](C)[C@@H](OC/C(=N\OCc3ccc(-c4cccc(N)n4)s3)CO2)[C@]1(C)O. The smallest absolute Gasteiger partial charge is 0.316 e. The van der Waals surface area contributed by atoms with Crippen LogP contribution in [0.2, 0.25) is 0 Å². The molecule has 4 N–H and O–H groups in total. The first-order valence-electron chi connectivity index (χ1n) is 21.1. The first kappa shape index (κ1) is 48.4. The summed E-state index contributed by atoms with van der Waals surface area (Å²) in [5.41, 5.74) is 4.10. The number of nitrogens with zero attached hydrogens (tertiary/aromatic N) is 4. The molecule has 5 rings (SSSR count). The molecule has 0 spiro atoms. The lowest BCUT2D eigenvalue weighted by Gasteiger charge is -2.47. The molecule has 3 aliphatic heterocycles. The summed E-state index contributed by atoms with van der Waals surface area (Å²) in [7, 11) is 3.73. The highest BCUT2D eigenvalue weighted by atomic mass is 32.1. The fourth-order valence-corrected chi connectivity index (χ4v) is 9.86. The molecule has 0 unspecified atom stereocenters. The summed E-state index contributed by atoms with van der Waals surface area (Å²) in [6.45, 7) is 14.8. The van der Waals surface area contributed by atoms with Crippen molar-refractivity contribution in [2.24, 2.45) is 33.8 Å². The number of fused-ring (bicyclic) bond motifs is 5. The quantitative estimate of drug-likeness (QED) is 0.184. The van der Waals surface area contributed by atoms with Gasteiger partial charge in [-0.1, -0.05) is 38.9 Å². The summed E-state index contributed by atoms with van der Waals surface area (Å²) in [6.07, 6.45) is -5.14. The maximum absolute atomic E-state index is 14.5. The number of likely N-dealkylation sites (N-methyl/N-ethyl adjacent to an activating group) is 1. The minimum absolute atomic E-state index is 0.100. The topological polar surface area (TPSA) is 214 Å². The second-order valence-electron chi connectivity index (χ2n) is 17.5. The number of nitrogen functional groups attached to an aromatic ring is 1. The van der Waals surface area contributed by atoms with Crippen LogP contribution in [0.3, 0.4) is 0 Å². The number of thiophene rings is 1. The number of ether oxygens (including phenoxy) is 5. The van der Waals surface area contributed by atoms with Crippen LogP contribution in [0, 0.1) is 23.7 Å². The number of amides is 1. The van der Waals surface area contributed by atoms with E-state index in [0.29, 0.717) is 23.7 Å². The zero-order valence-electron chi connectivity index (χ0n) is 37.3. The van der Waals surface area contributed by atoms with E-state index in [0.717, 1.165) is 15.4 Å². The highest BCUT2D eigenvalue weighted by Crippen LogP contribution is 2.40. The minimum atomic E-state index is -1.86. The molecule has 2 aromatic rings. The van der Waals surface area contributed by atoms with Crippen LogP contribution in [0.15, 0.2) is 40.5 Å². The number of anilines is 1. The number of nitrogens with two attached hydrogens (primary N) is 1. The summed E-state index contributed by atoms with van der Waals surface area (Å²) < 4.78 is 32.5. The van der Waals surface area contributed by atoms with E-state index in [1.54, 1.807) is 26.8 Å². The molecule has 3 saturated heterocycles. The number of esters is 1. The molecule has 3 aliphatic rings. The van der Waals surface area contributed by atoms with Gasteiger partial charge >= 0.3 is 5.97 Å². The second kappa shape index (κ2) is 20.2. The number of pyridine rings is 1. The van der Waals surface area contributed by atoms with Gasteiger partial charge in [0.2, 0.25) is 5.91 Å². The molecule has 13 atom stereocenters. The van der Waals surface area contributed by atoms with Crippen LogP contribution in [0.5, 0.6) is 0 Å². The molecule has 17 heteroatoms. The van der Waals surface area contributed by atoms with Crippen molar-refractivity contribution in [3.63, 3.8) is 0 Å². The van der Waals surface area contributed by atoms with Gasteiger partial charge in [-0.2, -0.15) is 0 Å². The number of hydrogen-bond acceptors (Lipinski definition) is 16. The van der Waals surface area contributed by atoms with Crippen LogP contribution in [0.25, 0.3) is 10.6 Å². The van der Waals surface area contributed by atoms with Gasteiger partial charge in [-0.15, -0.1) is 11.3 Å². The van der Waals surface area contributed by atoms with Crippen molar-refractivity contribution in [1.82, 2.24) is 9.88 Å². The Kier molecular flexibility index (Phi) is 16.0. The molecular formula is C44H65N5O11S. The largest absolute Gasteiger partial charge is 0.459 e. The van der Waals surface area contributed by atoms with Crippen molar-refractivity contribution in [2.75, 3.05) is 33.0 Å². The number of rotatable bonds is 8. The predicted molar refractivity (Wildman–Crippen MR) is 231 cm³/mol. The third-order valence-electron chi connectivity index (χ3n) is 12.2. The summed E-state index contributed by atoms with van der Waals surface area (Å²) >= 11 is 1.48. The Morgan fingerprint density at radius 3 is 2.46 bits per heavy atom. The number of cyclic esters (lactones) is 1. The van der Waals surface area contributed by atoms with Gasteiger partial charge in [0.25, 0.3) is 0 Å². The number of ketones is 1. The Balaban J connectivity index is 1.63. The third kappa shape index (κ3) is 11.3. The number of aliphatic imine (C=N–C) groups is 1. The standard InChI is InChI=1S/C44H65N5O11S/c1-12-34-44(9,54)40-25(4)36(46-28(7)50)23(2)19-43(8,56-21-29(20-55-40)48-57-22-30-16-17-33(61-30)31-14-13-15-35(45)47-31)39(26(5)37(51)27(6)41(53)59-34)60-42-38(52)32(49(10)11)18-24(3)58-42/h13-17,23-27,32,34,38-40,42,52,54H,12,18-22H2,1-11H3,(H2,45,47)/b46-36?,48-29+/t23-,24-,25+,26+,27-,32+,34-,38-,39-,40-,42+,43-,44-/m1/s1. The van der Waals surface area contributed by atoms with E-state index in [1.807, 2.05) is 64.0 Å². The summed E-state index contributed by atoms with van der Waals surface area (Å²) in [5.74, 6) is -4.93. The number of hydrogen-bond donors (Lipinski definition) is 3. The van der Waals surface area contributed by atoms with Crippen molar-refractivity contribution in [1.29, 1.82) is 0 Å². The van der Waals surface area contributed by atoms with Crippen LogP contribution in [-0.4, -0.2) is 131 Å². The van der Waals surface area contributed by atoms with Gasteiger partial charge in [0.1, 0.15) is 35.3 Å². The molecule has 338 valence electrons. The summed E-state index contributed by atoms with van der Waals surface area (Å²) in [6, 6.07) is 8.95. The van der Waals surface area contributed by atoms with Crippen molar-refractivity contribution in [2.45, 2.75) is 142 Å². The van der Waals surface area contributed by atoms with Gasteiger partial charge in [-0.3, -0.25) is 14.4 Å². The first-order chi connectivity index (χ1) is 28.7. The average Bonchev–Trinajstić information content (AvgIpc) is 3.67. The fraction of sp³-hybridized carbons (Fsp3) is 0.682. The number of aliphatic hydroxyl groups excluding tert-OH is 1. The first-order valence-corrected chi connectivity index (χ1v) is 21.9. The minimum Gasteiger partial charge on any atom is -0.459 e. The molecule has 61 heavy (non-hydrogen) atoms. The maximum Gasteiger partial charge on any atom is 0.316 e. The maximum atomic E-state index is 14.5. The number of carbonyl (C=O) groups excluding carboxylic acids is 3. The number of carbonyl (C=O) groups is 3. The highest BCUT2D eigenvalue weighted by Gasteiger charge is 2.53. The summed E-state index contributed by atoms with van der Waals surface area (Å²) in [4.78, 5) is 59.8. The number of aromatic nitrogens is 1. The zero-order chi connectivity index (χ0) is 45.0. The van der Waals surface area contributed by atoms with E-state index < -0.39 is 83.2 Å². The van der Waals surface area contributed by atoms with Gasteiger partial charge in [0, 0.05) is 35.4 Å². The van der Waals surface area contributed by atoms with E-state index in [1.165, 1.54) is 32.1 Å². The van der Waals surface area contributed by atoms with E-state index in [2.05, 4.69) is 15.1 Å². The van der Waals surface area contributed by atoms with Crippen molar-refractivity contribution < 1.29 is 53.1 Å². The molecule has 0 saturated carbocycles. The lowest BCUT2D eigenvalue weighted by atomic mass is 9.73. The normalized spacial score (nSPS) is 37.2. The van der Waals surface area contributed by atoms with Gasteiger partial charge in [0.15, 0.2) is 18.7 Å². The molecule has 5 heterocycles. The molecule has 0 aromatic carbocycles. The Morgan fingerprint density at radius 2 is 1.80 bits per heavy atom. The fourth-order valence-electron chi connectivity index (χ4n) is 8.98. The van der Waals surface area contributed by atoms with E-state index in [4.69, 9.17) is 34.3 Å². The molecule has 1 amide bonds. The van der Waals surface area contributed by atoms with E-state index in [9.17, 15) is 24.6 Å². The molecule has 0 radical (unpaired) electrons. The summed E-state index contributed by atoms with van der Waals surface area (Å²) in [5, 5.41) is 28.6. The number of aliphatic hydroxyl groups is 2. The molecule has 3 fully saturated rings. The molecule has 16 nitrogen and oxygen atoms in total. The van der Waals surface area contributed by atoms with Crippen LogP contribution in [0.1, 0.15) is 86.5 Å². The van der Waals surface area contributed by atoms with E-state index in [-0.39, 0.29) is 44.8 Å². The third-order valence-corrected chi connectivity index (χ3v) is 13.3. The lowest BCUT2D eigenvalue weighted by molar-refractivity contribution is -0.296. The Hall–Kier alpha value is -3.68. The van der Waals surface area contributed by atoms with Gasteiger partial charge in [-0.05, 0) is 91.2 Å². The molecule has 0 aliphatic carbocycles. The predicted octanol–water partition coefficient (Wildman–Crippen LogP) is 4.83. The van der Waals surface area contributed by atoms with Crippen LogP contribution < -0.4 is 5.73 Å². The van der Waals surface area contributed by atoms with Gasteiger partial charge in [0.05, 0.1) is 47.7 Å². The zero-order valence-corrected chi connectivity index (χ0v) is 38.1. The number of Topliss-reactive ketones (excluding diaryl/α,β-unsaturated/α-hetero) is 1. The van der Waals surface area contributed by atoms with Gasteiger partial charge in [-0.25, -0.2) is 9.98 Å². The van der Waals surface area contributed by atoms with Crippen molar-refractivity contribution in [3.05, 3.63) is 35.2 Å². The monoisotopic (exact) mass is 871 g/mol. The second-order valence-corrected chi connectivity index (χ2v) is 18.7. The van der Waals surface area contributed by atoms with Gasteiger partial charge < -0.3 is 49.4 Å². The van der Waals surface area contributed by atoms with Crippen molar-refractivity contribution in [3.8, 4) is 10.6 Å². The van der Waals surface area contributed by atoms with Crippen LogP contribution >= 0.6 is 11.3 Å². The van der Waals surface area contributed by atoms with Crippen molar-refractivity contribution >= 4 is 46.2 Å². The molecule has 2 aromatic heterocycles. The Morgan fingerprint density at radius 1 is 1.08 bits per heavy atom. The Bertz CT molecular complexity index is 1920. The highest BCUT2D eigenvalue weighted by molar-refractivity contribution is 7.15. The molecule has 2 bridgehead atoms. The van der Waals surface area contributed by atoms with Crippen LogP contribution in [0.4, 0.5) is 5.82 Å². The Labute approximate surface area is 363 Å². The van der Waals surface area contributed by atoms with E-state index >= 15 is 0 Å². The molecular weight excluding hydrogens is 807 g/mol. The average molecular weight is 872 g/mol. The van der Waals surface area contributed by atoms with Crippen LogP contribution in [-0.2, 0) is 49.5 Å². The number of oxime groups is 1. The lowest BCUT2D eigenvalue weighted by Crippen LogP contribution is -2.60.